The summed E-state index contributed by atoms with van der Waals surface area (Å²) in [6.07, 6.45) is 3.67. The molecule has 9 heteroatoms. The number of nitrogens with zero attached hydrogens (tertiary/aromatic N) is 1. The van der Waals surface area contributed by atoms with E-state index in [2.05, 4.69) is 24.5 Å². The summed E-state index contributed by atoms with van der Waals surface area (Å²) in [6.45, 7) is 6.25. The molecule has 2 fully saturated rings. The van der Waals surface area contributed by atoms with Gasteiger partial charge in [0.05, 0.1) is 30.1 Å². The number of hydrogen-bond acceptors (Lipinski definition) is 5. The minimum atomic E-state index is -1.04. The van der Waals surface area contributed by atoms with Crippen molar-refractivity contribution in [2.45, 2.75) is 83.1 Å². The van der Waals surface area contributed by atoms with Crippen LogP contribution in [-0.4, -0.2) is 72.4 Å². The molecular weight excluding hydrogens is 540 g/mol. The van der Waals surface area contributed by atoms with Gasteiger partial charge in [-0.3, -0.25) is 9.59 Å². The molecule has 230 valence electrons. The summed E-state index contributed by atoms with van der Waals surface area (Å²) in [7, 11) is 0. The molecule has 0 aromatic heterocycles. The number of carbonyl (C=O) groups is 2. The van der Waals surface area contributed by atoms with Crippen molar-refractivity contribution in [2.75, 3.05) is 26.2 Å². The molecule has 2 amide bonds. The van der Waals surface area contributed by atoms with E-state index in [1.54, 1.807) is 4.90 Å². The monoisotopic (exact) mass is 585 g/mol. The molecule has 2 aromatic carbocycles. The third kappa shape index (κ3) is 8.58. The Hall–Kier alpha value is -2.88. The molecule has 3 N–H and O–H groups in total. The van der Waals surface area contributed by atoms with Gasteiger partial charge in [-0.15, -0.1) is 0 Å². The van der Waals surface area contributed by atoms with Gasteiger partial charge in [0.15, 0.2) is 0 Å². The van der Waals surface area contributed by atoms with E-state index in [1.807, 2.05) is 30.3 Å². The maximum absolute atomic E-state index is 14.1. The lowest BCUT2D eigenvalue weighted by molar-refractivity contribution is -0.133. The first-order valence-electron chi connectivity index (χ1n) is 15.4. The van der Waals surface area contributed by atoms with Gasteiger partial charge in [-0.1, -0.05) is 57.0 Å². The average Bonchev–Trinajstić information content (AvgIpc) is 3.56. The van der Waals surface area contributed by atoms with E-state index in [1.165, 1.54) is 12.1 Å². The van der Waals surface area contributed by atoms with Crippen LogP contribution in [0.2, 0.25) is 0 Å². The van der Waals surface area contributed by atoms with Crippen molar-refractivity contribution >= 4 is 11.8 Å². The molecule has 0 bridgehead atoms. The largest absolute Gasteiger partial charge is 0.389 e. The van der Waals surface area contributed by atoms with Crippen LogP contribution >= 0.6 is 0 Å². The summed E-state index contributed by atoms with van der Waals surface area (Å²) in [5.41, 5.74) is 1.31. The highest BCUT2D eigenvalue weighted by molar-refractivity contribution is 5.91. The van der Waals surface area contributed by atoms with Crippen LogP contribution < -0.4 is 10.6 Å². The van der Waals surface area contributed by atoms with Crippen molar-refractivity contribution in [1.82, 2.24) is 15.5 Å². The second-order valence-corrected chi connectivity index (χ2v) is 11.7. The number of aliphatic hydroxyl groups is 1. The van der Waals surface area contributed by atoms with Crippen molar-refractivity contribution in [1.29, 1.82) is 0 Å². The second kappa shape index (κ2) is 15.5. The topological polar surface area (TPSA) is 90.9 Å². The maximum atomic E-state index is 14.1. The molecule has 2 heterocycles. The van der Waals surface area contributed by atoms with Gasteiger partial charge in [-0.05, 0) is 55.4 Å². The number of hydrogen-bond donors (Lipinski definition) is 3. The molecule has 2 aromatic rings. The lowest BCUT2D eigenvalue weighted by Gasteiger charge is -2.30. The van der Waals surface area contributed by atoms with Crippen LogP contribution in [0.1, 0.15) is 57.1 Å². The van der Waals surface area contributed by atoms with Crippen LogP contribution in [0.4, 0.5) is 8.78 Å². The van der Waals surface area contributed by atoms with E-state index in [-0.39, 0.29) is 30.4 Å². The van der Waals surface area contributed by atoms with E-state index in [4.69, 9.17) is 4.74 Å². The average molecular weight is 586 g/mol. The summed E-state index contributed by atoms with van der Waals surface area (Å²) < 4.78 is 34.1. The fraction of sp³-hybridized carbons (Fsp3) is 0.576. The van der Waals surface area contributed by atoms with Crippen molar-refractivity contribution in [2.24, 2.45) is 11.8 Å². The Balaban J connectivity index is 1.53. The van der Waals surface area contributed by atoms with Gasteiger partial charge in [0.25, 0.3) is 0 Å². The summed E-state index contributed by atoms with van der Waals surface area (Å²) in [5, 5.41) is 17.8. The fourth-order valence-electron chi connectivity index (χ4n) is 6.10. The Morgan fingerprint density at radius 2 is 1.81 bits per heavy atom. The zero-order valence-electron chi connectivity index (χ0n) is 24.7. The van der Waals surface area contributed by atoms with E-state index in [0.29, 0.717) is 44.6 Å². The Bertz CT molecular complexity index is 1150. The first kappa shape index (κ1) is 32.0. The molecule has 2 aliphatic rings. The summed E-state index contributed by atoms with van der Waals surface area (Å²) in [5.74, 6) is -2.96. The standard InChI is InChI=1S/C33H45F2N3O4/c1-3-5-12-38-21-28(27(33(38)41)16-22-10-8-7-9-11-22)32(40)37-30(17-23-14-24(34)18-25(35)15-23)31(39)29-19-26(20-36-29)42-13-6-4-2/h7-11,14-15,18,26-31,36,39H,3-6,12-13,16-17,19-21H2,1-2H3,(H,37,40)/t26-,27?,28?,29-,30+,31-/m1/s1. The molecule has 2 unspecified atom stereocenters. The Morgan fingerprint density at radius 3 is 2.50 bits per heavy atom. The molecule has 6 atom stereocenters. The van der Waals surface area contributed by atoms with E-state index < -0.39 is 35.6 Å². The maximum Gasteiger partial charge on any atom is 0.226 e. The number of amides is 2. The highest BCUT2D eigenvalue weighted by Gasteiger charge is 2.45. The fourth-order valence-corrected chi connectivity index (χ4v) is 6.10. The number of halogens is 2. The van der Waals surface area contributed by atoms with Gasteiger partial charge in [0.1, 0.15) is 11.6 Å². The molecule has 0 radical (unpaired) electrons. The summed E-state index contributed by atoms with van der Waals surface area (Å²) in [4.78, 5) is 29.1. The number of benzene rings is 2. The van der Waals surface area contributed by atoms with Gasteiger partial charge in [-0.2, -0.15) is 0 Å². The molecule has 7 nitrogen and oxygen atoms in total. The number of nitrogens with one attached hydrogen (secondary N) is 2. The van der Waals surface area contributed by atoms with E-state index in [0.717, 1.165) is 37.3 Å². The second-order valence-electron chi connectivity index (χ2n) is 11.7. The Kier molecular flexibility index (Phi) is 11.9. The first-order valence-corrected chi connectivity index (χ1v) is 15.4. The summed E-state index contributed by atoms with van der Waals surface area (Å²) in [6, 6.07) is 11.7. The van der Waals surface area contributed by atoms with Crippen molar-refractivity contribution in [3.8, 4) is 0 Å². The van der Waals surface area contributed by atoms with Gasteiger partial charge < -0.3 is 25.4 Å². The number of ether oxygens (including phenoxy) is 1. The van der Waals surface area contributed by atoms with Crippen molar-refractivity contribution in [3.05, 3.63) is 71.3 Å². The highest BCUT2D eigenvalue weighted by atomic mass is 19.1. The predicted molar refractivity (Wildman–Crippen MR) is 158 cm³/mol. The first-order chi connectivity index (χ1) is 20.3. The summed E-state index contributed by atoms with van der Waals surface area (Å²) >= 11 is 0. The van der Waals surface area contributed by atoms with E-state index in [9.17, 15) is 23.5 Å². The Labute approximate surface area is 248 Å². The number of aliphatic hydroxyl groups excluding tert-OH is 1. The van der Waals surface area contributed by atoms with Crippen LogP contribution in [0, 0.1) is 23.5 Å². The molecule has 0 aliphatic carbocycles. The SMILES string of the molecule is CCCCO[C@H]1CN[C@@H]([C@@H](O)[C@H](Cc2cc(F)cc(F)c2)NC(=O)C2CN(CCCC)C(=O)C2Cc2ccccc2)C1. The lowest BCUT2D eigenvalue weighted by Crippen LogP contribution is -2.54. The van der Waals surface area contributed by atoms with Crippen LogP contribution in [0.3, 0.4) is 0 Å². The quantitative estimate of drug-likeness (QED) is 0.275. The van der Waals surface area contributed by atoms with Gasteiger partial charge >= 0.3 is 0 Å². The molecule has 42 heavy (non-hydrogen) atoms. The third-order valence-corrected chi connectivity index (χ3v) is 8.45. The number of likely N-dealkylation sites (tertiary alicyclic amines) is 1. The minimum absolute atomic E-state index is 0.0324. The molecule has 4 rings (SSSR count). The van der Waals surface area contributed by atoms with Crippen molar-refractivity contribution < 1.29 is 28.2 Å². The van der Waals surface area contributed by atoms with Crippen LogP contribution in [-0.2, 0) is 27.2 Å². The zero-order chi connectivity index (χ0) is 30.1. The zero-order valence-corrected chi connectivity index (χ0v) is 24.7. The smallest absolute Gasteiger partial charge is 0.226 e. The number of carbonyl (C=O) groups excluding carboxylic acids is 2. The molecular formula is C33H45F2N3O4. The number of rotatable bonds is 15. The third-order valence-electron chi connectivity index (χ3n) is 8.45. The van der Waals surface area contributed by atoms with E-state index >= 15 is 0 Å². The highest BCUT2D eigenvalue weighted by Crippen LogP contribution is 2.30. The van der Waals surface area contributed by atoms with Gasteiger partial charge in [-0.25, -0.2) is 8.78 Å². The normalized spacial score (nSPS) is 23.7. The lowest BCUT2D eigenvalue weighted by atomic mass is 9.87. The van der Waals surface area contributed by atoms with Crippen molar-refractivity contribution in [3.63, 3.8) is 0 Å². The minimum Gasteiger partial charge on any atom is -0.389 e. The van der Waals surface area contributed by atoms with Gasteiger partial charge in [0.2, 0.25) is 11.8 Å². The van der Waals surface area contributed by atoms with Crippen LogP contribution in [0.5, 0.6) is 0 Å². The van der Waals surface area contributed by atoms with Crippen LogP contribution in [0.25, 0.3) is 0 Å². The molecule has 2 aliphatic heterocycles. The number of unbranched alkanes of at least 4 members (excludes halogenated alkanes) is 2. The van der Waals surface area contributed by atoms with Gasteiger partial charge in [0, 0.05) is 38.3 Å². The molecule has 2 saturated heterocycles. The molecule has 0 saturated carbocycles. The molecule has 0 spiro atoms. The predicted octanol–water partition coefficient (Wildman–Crippen LogP) is 4.02. The van der Waals surface area contributed by atoms with Crippen LogP contribution in [0.15, 0.2) is 48.5 Å². The Morgan fingerprint density at radius 1 is 1.10 bits per heavy atom.